The maximum atomic E-state index is 12.0. The lowest BCUT2D eigenvalue weighted by Crippen LogP contribution is -2.36. The van der Waals surface area contributed by atoms with Gasteiger partial charge in [-0.2, -0.15) is 0 Å². The van der Waals surface area contributed by atoms with E-state index in [-0.39, 0.29) is 11.8 Å². The summed E-state index contributed by atoms with van der Waals surface area (Å²) in [6, 6.07) is 9.30. The molecule has 2 amide bonds. The van der Waals surface area contributed by atoms with Crippen molar-refractivity contribution in [3.05, 3.63) is 47.0 Å². The molecule has 0 aromatic heterocycles. The molecule has 0 saturated carbocycles. The molecule has 0 unspecified atom stereocenters. The standard InChI is InChI=1S/C14H11NO2.C3H8.2C2H6/c1-8-6-7-11-12-9(8)4-3-5-10(12)13(16)15(2)14(11)17;1-3-2;2*1-2/h3-7H,1-2H3;3H2,1-2H3;2*1-2H3. The number of hydrogen-bond acceptors (Lipinski definition) is 2. The molecule has 24 heavy (non-hydrogen) atoms. The van der Waals surface area contributed by atoms with Crippen LogP contribution in [0.2, 0.25) is 0 Å². The first kappa shape index (κ1) is 21.8. The number of rotatable bonds is 0. The number of carbonyl (C=O) groups excluding carboxylic acids is 2. The van der Waals surface area contributed by atoms with Crippen molar-refractivity contribution in [2.45, 2.75) is 54.9 Å². The minimum atomic E-state index is -0.223. The molecule has 0 bridgehead atoms. The van der Waals surface area contributed by atoms with E-state index in [1.54, 1.807) is 12.1 Å². The molecule has 1 aliphatic rings. The summed E-state index contributed by atoms with van der Waals surface area (Å²) in [5, 5.41) is 1.77. The third-order valence-electron chi connectivity index (χ3n) is 3.33. The van der Waals surface area contributed by atoms with Gasteiger partial charge in [0.1, 0.15) is 0 Å². The van der Waals surface area contributed by atoms with Gasteiger partial charge in [-0.1, -0.05) is 66.2 Å². The van der Waals surface area contributed by atoms with Gasteiger partial charge in [0.15, 0.2) is 0 Å². The predicted molar refractivity (Wildman–Crippen MR) is 104 cm³/mol. The quantitative estimate of drug-likeness (QED) is 0.569. The number of imide groups is 1. The molecule has 0 atom stereocenters. The minimum absolute atomic E-state index is 0.223. The highest BCUT2D eigenvalue weighted by atomic mass is 16.2. The number of hydrogen-bond donors (Lipinski definition) is 0. The smallest absolute Gasteiger partial charge is 0.261 e. The number of benzene rings is 2. The molecule has 2 aromatic carbocycles. The zero-order valence-electron chi connectivity index (χ0n) is 16.4. The lowest BCUT2D eigenvalue weighted by Gasteiger charge is -2.24. The first-order chi connectivity index (χ1) is 11.5. The first-order valence-corrected chi connectivity index (χ1v) is 8.87. The van der Waals surface area contributed by atoms with Gasteiger partial charge in [0.25, 0.3) is 11.8 Å². The third-order valence-corrected chi connectivity index (χ3v) is 3.33. The van der Waals surface area contributed by atoms with Crippen molar-refractivity contribution in [3.8, 4) is 0 Å². The summed E-state index contributed by atoms with van der Waals surface area (Å²) in [6.45, 7) is 14.2. The summed E-state index contributed by atoms with van der Waals surface area (Å²) < 4.78 is 0. The average molecular weight is 329 g/mol. The van der Waals surface area contributed by atoms with E-state index in [9.17, 15) is 9.59 Å². The van der Waals surface area contributed by atoms with Gasteiger partial charge < -0.3 is 0 Å². The Hall–Kier alpha value is -2.16. The van der Waals surface area contributed by atoms with Gasteiger partial charge in [-0.05, 0) is 30.0 Å². The molecule has 0 radical (unpaired) electrons. The molecule has 3 nitrogen and oxygen atoms in total. The molecule has 0 saturated heterocycles. The molecule has 0 aliphatic carbocycles. The van der Waals surface area contributed by atoms with Gasteiger partial charge in [0.2, 0.25) is 0 Å². The highest BCUT2D eigenvalue weighted by Crippen LogP contribution is 2.31. The second-order valence-electron chi connectivity index (χ2n) is 5.03. The minimum Gasteiger partial charge on any atom is -0.277 e. The number of aryl methyl sites for hydroxylation is 1. The van der Waals surface area contributed by atoms with Crippen LogP contribution in [0, 0.1) is 6.92 Å². The van der Waals surface area contributed by atoms with Crippen LogP contribution in [0.5, 0.6) is 0 Å². The van der Waals surface area contributed by atoms with Gasteiger partial charge in [-0.25, -0.2) is 0 Å². The largest absolute Gasteiger partial charge is 0.277 e. The Balaban J connectivity index is 0.000000667. The average Bonchev–Trinajstić information content (AvgIpc) is 2.63. The molecule has 2 aromatic rings. The van der Waals surface area contributed by atoms with Crippen molar-refractivity contribution in [1.29, 1.82) is 0 Å². The summed E-state index contributed by atoms with van der Waals surface area (Å²) in [5.74, 6) is -0.447. The van der Waals surface area contributed by atoms with Crippen LogP contribution in [0.25, 0.3) is 10.8 Å². The van der Waals surface area contributed by atoms with Crippen molar-refractivity contribution >= 4 is 22.6 Å². The lowest BCUT2D eigenvalue weighted by molar-refractivity contribution is 0.0650. The maximum absolute atomic E-state index is 12.0. The molecular formula is C21H31NO2. The fourth-order valence-electron chi connectivity index (χ4n) is 2.36. The second kappa shape index (κ2) is 10.6. The van der Waals surface area contributed by atoms with Gasteiger partial charge in [0, 0.05) is 23.6 Å². The normalized spacial score (nSPS) is 11.6. The highest BCUT2D eigenvalue weighted by molar-refractivity contribution is 6.25. The number of carbonyl (C=O) groups is 2. The Bertz CT molecular complexity index is 667. The molecule has 132 valence electrons. The van der Waals surface area contributed by atoms with Crippen LogP contribution in [-0.2, 0) is 0 Å². The van der Waals surface area contributed by atoms with E-state index in [1.165, 1.54) is 18.4 Å². The van der Waals surface area contributed by atoms with Crippen LogP contribution in [0.1, 0.15) is 74.2 Å². The van der Waals surface area contributed by atoms with Gasteiger partial charge in [-0.3, -0.25) is 14.5 Å². The Morgan fingerprint density at radius 2 is 1.29 bits per heavy atom. The van der Waals surface area contributed by atoms with Crippen LogP contribution < -0.4 is 0 Å². The molecular weight excluding hydrogens is 298 g/mol. The van der Waals surface area contributed by atoms with Crippen molar-refractivity contribution in [2.24, 2.45) is 0 Å². The molecule has 1 heterocycles. The second-order valence-corrected chi connectivity index (χ2v) is 5.03. The first-order valence-electron chi connectivity index (χ1n) is 8.87. The lowest BCUT2D eigenvalue weighted by atomic mass is 9.92. The summed E-state index contributed by atoms with van der Waals surface area (Å²) in [4.78, 5) is 25.2. The van der Waals surface area contributed by atoms with Crippen molar-refractivity contribution in [3.63, 3.8) is 0 Å². The monoisotopic (exact) mass is 329 g/mol. The Kier molecular flexibility index (Phi) is 9.63. The van der Waals surface area contributed by atoms with E-state index in [1.807, 2.05) is 52.8 Å². The van der Waals surface area contributed by atoms with E-state index in [0.717, 1.165) is 16.3 Å². The van der Waals surface area contributed by atoms with E-state index < -0.39 is 0 Å². The van der Waals surface area contributed by atoms with Crippen LogP contribution in [0.15, 0.2) is 30.3 Å². The maximum Gasteiger partial charge on any atom is 0.261 e. The molecule has 0 N–H and O–H groups in total. The van der Waals surface area contributed by atoms with E-state index in [0.29, 0.717) is 11.1 Å². The fraction of sp³-hybridized carbons (Fsp3) is 0.429. The Morgan fingerprint density at radius 3 is 1.79 bits per heavy atom. The summed E-state index contributed by atoms with van der Waals surface area (Å²) in [6.07, 6.45) is 1.25. The SMILES string of the molecule is CC.CC.CCC.Cc1ccc2c3c(cccc13)C(=O)N(C)C2=O. The van der Waals surface area contributed by atoms with Crippen LogP contribution in [0.3, 0.4) is 0 Å². The topological polar surface area (TPSA) is 37.4 Å². The van der Waals surface area contributed by atoms with Crippen LogP contribution in [-0.4, -0.2) is 23.8 Å². The third kappa shape index (κ3) is 4.22. The fourth-order valence-corrected chi connectivity index (χ4v) is 2.36. The van der Waals surface area contributed by atoms with E-state index >= 15 is 0 Å². The van der Waals surface area contributed by atoms with Crippen molar-refractivity contribution in [2.75, 3.05) is 7.05 Å². The van der Waals surface area contributed by atoms with Crippen LogP contribution >= 0.6 is 0 Å². The summed E-state index contributed by atoms with van der Waals surface area (Å²) >= 11 is 0. The van der Waals surface area contributed by atoms with Gasteiger partial charge >= 0.3 is 0 Å². The highest BCUT2D eigenvalue weighted by Gasteiger charge is 2.29. The molecule has 3 heteroatoms. The predicted octanol–water partition coefficient (Wildman–Crippen LogP) is 5.84. The molecule has 0 fully saturated rings. The number of nitrogens with zero attached hydrogens (tertiary/aromatic N) is 1. The molecule has 1 aliphatic heterocycles. The zero-order chi connectivity index (χ0) is 18.9. The molecule has 3 rings (SSSR count). The zero-order valence-corrected chi connectivity index (χ0v) is 16.4. The van der Waals surface area contributed by atoms with E-state index in [2.05, 4.69) is 13.8 Å². The molecule has 0 spiro atoms. The van der Waals surface area contributed by atoms with Crippen molar-refractivity contribution < 1.29 is 9.59 Å². The number of amides is 2. The summed E-state index contributed by atoms with van der Waals surface area (Å²) in [7, 11) is 1.52. The Morgan fingerprint density at radius 1 is 0.833 bits per heavy atom. The Labute approximate surface area is 146 Å². The van der Waals surface area contributed by atoms with Gasteiger partial charge in [0.05, 0.1) is 0 Å². The summed E-state index contributed by atoms with van der Waals surface area (Å²) in [5.41, 5.74) is 2.31. The van der Waals surface area contributed by atoms with E-state index in [4.69, 9.17) is 0 Å². The van der Waals surface area contributed by atoms with Gasteiger partial charge in [-0.15, -0.1) is 0 Å². The van der Waals surface area contributed by atoms with Crippen molar-refractivity contribution in [1.82, 2.24) is 4.90 Å². The van der Waals surface area contributed by atoms with Crippen LogP contribution in [0.4, 0.5) is 0 Å².